The van der Waals surface area contributed by atoms with Crippen LogP contribution in [0.5, 0.6) is 17.2 Å². The van der Waals surface area contributed by atoms with Gasteiger partial charge in [0.05, 0.1) is 0 Å². The van der Waals surface area contributed by atoms with Gasteiger partial charge in [-0.15, -0.1) is 0 Å². The fourth-order valence-electron chi connectivity index (χ4n) is 1.58. The zero-order valence-electron chi connectivity index (χ0n) is 10.00. The molecular formula is C14H12Cl2O2. The molecule has 0 heterocycles. The zero-order chi connectivity index (χ0) is 13.3. The van der Waals surface area contributed by atoms with Crippen LogP contribution >= 0.6 is 23.2 Å². The quantitative estimate of drug-likeness (QED) is 0.830. The molecule has 18 heavy (non-hydrogen) atoms. The van der Waals surface area contributed by atoms with Gasteiger partial charge in [0.2, 0.25) is 0 Å². The molecular weight excluding hydrogens is 271 g/mol. The van der Waals surface area contributed by atoms with Crippen molar-refractivity contribution in [2.75, 3.05) is 0 Å². The molecule has 2 nitrogen and oxygen atoms in total. The van der Waals surface area contributed by atoms with Crippen LogP contribution in [0, 0.1) is 13.8 Å². The Morgan fingerprint density at radius 2 is 1.67 bits per heavy atom. The Labute approximate surface area is 116 Å². The zero-order valence-corrected chi connectivity index (χ0v) is 11.5. The summed E-state index contributed by atoms with van der Waals surface area (Å²) in [5, 5.41) is 11.0. The van der Waals surface area contributed by atoms with Crippen molar-refractivity contribution in [1.29, 1.82) is 0 Å². The number of rotatable bonds is 2. The van der Waals surface area contributed by atoms with E-state index in [0.717, 1.165) is 5.56 Å². The van der Waals surface area contributed by atoms with Crippen LogP contribution < -0.4 is 4.74 Å². The summed E-state index contributed by atoms with van der Waals surface area (Å²) in [7, 11) is 0. The van der Waals surface area contributed by atoms with E-state index in [4.69, 9.17) is 27.9 Å². The standard InChI is InChI=1S/C14H12Cl2O2/c1-8-7-10(3-4-11(8)15)18-14-9(2)12(16)5-6-13(14)17/h3-7,17H,1-2H3. The maximum Gasteiger partial charge on any atom is 0.173 e. The highest BCUT2D eigenvalue weighted by Crippen LogP contribution is 2.38. The first kappa shape index (κ1) is 13.1. The Hall–Kier alpha value is -1.38. The number of halogens is 2. The van der Waals surface area contributed by atoms with Crippen LogP contribution in [0.4, 0.5) is 0 Å². The first-order chi connectivity index (χ1) is 8.49. The molecule has 0 spiro atoms. The first-order valence-corrected chi connectivity index (χ1v) is 6.16. The molecule has 4 heteroatoms. The number of aromatic hydroxyl groups is 1. The summed E-state index contributed by atoms with van der Waals surface area (Å²) < 4.78 is 5.66. The number of aryl methyl sites for hydroxylation is 1. The third-order valence-electron chi connectivity index (χ3n) is 2.67. The van der Waals surface area contributed by atoms with Crippen LogP contribution in [0.25, 0.3) is 0 Å². The molecule has 0 bridgehead atoms. The fraction of sp³-hybridized carbons (Fsp3) is 0.143. The summed E-state index contributed by atoms with van der Waals surface area (Å²) in [5.41, 5.74) is 1.61. The van der Waals surface area contributed by atoms with Gasteiger partial charge in [-0.25, -0.2) is 0 Å². The van der Waals surface area contributed by atoms with Gasteiger partial charge >= 0.3 is 0 Å². The third kappa shape index (κ3) is 2.55. The van der Waals surface area contributed by atoms with Crippen molar-refractivity contribution >= 4 is 23.2 Å². The maximum atomic E-state index is 9.79. The number of hydrogen-bond donors (Lipinski definition) is 1. The lowest BCUT2D eigenvalue weighted by molar-refractivity contribution is 0.409. The fourth-order valence-corrected chi connectivity index (χ4v) is 1.85. The smallest absolute Gasteiger partial charge is 0.173 e. The molecule has 0 aromatic heterocycles. The van der Waals surface area contributed by atoms with E-state index >= 15 is 0 Å². The van der Waals surface area contributed by atoms with Crippen molar-refractivity contribution in [3.05, 3.63) is 51.5 Å². The summed E-state index contributed by atoms with van der Waals surface area (Å²) in [6, 6.07) is 8.44. The van der Waals surface area contributed by atoms with E-state index in [-0.39, 0.29) is 5.75 Å². The number of phenolic OH excluding ortho intramolecular Hbond substituents is 1. The van der Waals surface area contributed by atoms with Crippen molar-refractivity contribution in [3.8, 4) is 17.2 Å². The van der Waals surface area contributed by atoms with E-state index in [1.165, 1.54) is 6.07 Å². The van der Waals surface area contributed by atoms with Crippen LogP contribution in [0.3, 0.4) is 0 Å². The minimum Gasteiger partial charge on any atom is -0.504 e. The Balaban J connectivity index is 2.39. The normalized spacial score (nSPS) is 10.4. The third-order valence-corrected chi connectivity index (χ3v) is 3.50. The second-order valence-corrected chi connectivity index (χ2v) is 4.85. The highest BCUT2D eigenvalue weighted by molar-refractivity contribution is 6.31. The molecule has 1 N–H and O–H groups in total. The van der Waals surface area contributed by atoms with Crippen molar-refractivity contribution in [1.82, 2.24) is 0 Å². The lowest BCUT2D eigenvalue weighted by Gasteiger charge is -2.12. The van der Waals surface area contributed by atoms with Crippen LogP contribution in [-0.4, -0.2) is 5.11 Å². The summed E-state index contributed by atoms with van der Waals surface area (Å²) in [6.45, 7) is 3.68. The Morgan fingerprint density at radius 3 is 2.33 bits per heavy atom. The minimum absolute atomic E-state index is 0.0597. The predicted molar refractivity (Wildman–Crippen MR) is 74.1 cm³/mol. The molecule has 2 aromatic carbocycles. The van der Waals surface area contributed by atoms with Gasteiger partial charge < -0.3 is 9.84 Å². The van der Waals surface area contributed by atoms with Gasteiger partial charge in [0, 0.05) is 15.6 Å². The second-order valence-electron chi connectivity index (χ2n) is 4.03. The summed E-state index contributed by atoms with van der Waals surface area (Å²) >= 11 is 11.9. The van der Waals surface area contributed by atoms with Crippen LogP contribution in [0.1, 0.15) is 11.1 Å². The van der Waals surface area contributed by atoms with Crippen molar-refractivity contribution in [2.24, 2.45) is 0 Å². The second kappa shape index (κ2) is 5.09. The van der Waals surface area contributed by atoms with Gasteiger partial charge in [0.1, 0.15) is 5.75 Å². The molecule has 0 fully saturated rings. The van der Waals surface area contributed by atoms with Gasteiger partial charge in [-0.3, -0.25) is 0 Å². The monoisotopic (exact) mass is 282 g/mol. The van der Waals surface area contributed by atoms with E-state index in [9.17, 15) is 5.11 Å². The van der Waals surface area contributed by atoms with Gasteiger partial charge in [0.15, 0.2) is 11.5 Å². The van der Waals surface area contributed by atoms with Crippen molar-refractivity contribution < 1.29 is 9.84 Å². The van der Waals surface area contributed by atoms with E-state index in [0.29, 0.717) is 27.1 Å². The summed E-state index contributed by atoms with van der Waals surface area (Å²) in [5.74, 6) is 1.03. The largest absolute Gasteiger partial charge is 0.504 e. The van der Waals surface area contributed by atoms with Gasteiger partial charge in [-0.2, -0.15) is 0 Å². The lowest BCUT2D eigenvalue weighted by atomic mass is 10.2. The molecule has 2 aromatic rings. The van der Waals surface area contributed by atoms with Crippen LogP contribution in [0.15, 0.2) is 30.3 Å². The topological polar surface area (TPSA) is 29.5 Å². The highest BCUT2D eigenvalue weighted by Gasteiger charge is 2.11. The molecule has 94 valence electrons. The van der Waals surface area contributed by atoms with E-state index < -0.39 is 0 Å². The number of phenols is 1. The molecule has 0 atom stereocenters. The Kier molecular flexibility index (Phi) is 3.69. The van der Waals surface area contributed by atoms with Crippen LogP contribution in [-0.2, 0) is 0 Å². The molecule has 0 aliphatic rings. The van der Waals surface area contributed by atoms with Crippen molar-refractivity contribution in [2.45, 2.75) is 13.8 Å². The number of benzene rings is 2. The average Bonchev–Trinajstić information content (AvgIpc) is 2.34. The predicted octanol–water partition coefficient (Wildman–Crippen LogP) is 5.11. The molecule has 0 radical (unpaired) electrons. The Morgan fingerprint density at radius 1 is 1.00 bits per heavy atom. The van der Waals surface area contributed by atoms with Crippen LogP contribution in [0.2, 0.25) is 10.0 Å². The maximum absolute atomic E-state index is 9.79. The average molecular weight is 283 g/mol. The molecule has 0 aliphatic carbocycles. The molecule has 0 saturated heterocycles. The molecule has 0 unspecified atom stereocenters. The van der Waals surface area contributed by atoms with Crippen molar-refractivity contribution in [3.63, 3.8) is 0 Å². The molecule has 0 amide bonds. The SMILES string of the molecule is Cc1cc(Oc2c(O)ccc(Cl)c2C)ccc1Cl. The Bertz CT molecular complexity index is 595. The number of ether oxygens (including phenoxy) is 1. The summed E-state index contributed by atoms with van der Waals surface area (Å²) in [6.07, 6.45) is 0. The highest BCUT2D eigenvalue weighted by atomic mass is 35.5. The van der Waals surface area contributed by atoms with Gasteiger partial charge in [-0.05, 0) is 49.7 Å². The summed E-state index contributed by atoms with van der Waals surface area (Å²) in [4.78, 5) is 0. The van der Waals surface area contributed by atoms with E-state index in [2.05, 4.69) is 0 Å². The molecule has 0 saturated carbocycles. The van der Waals surface area contributed by atoms with Gasteiger partial charge in [-0.1, -0.05) is 23.2 Å². The lowest BCUT2D eigenvalue weighted by Crippen LogP contribution is -1.90. The number of hydrogen-bond acceptors (Lipinski definition) is 2. The van der Waals surface area contributed by atoms with Gasteiger partial charge in [0.25, 0.3) is 0 Å². The van der Waals surface area contributed by atoms with E-state index in [1.807, 2.05) is 13.0 Å². The molecule has 2 rings (SSSR count). The van der Waals surface area contributed by atoms with E-state index in [1.54, 1.807) is 25.1 Å². The first-order valence-electron chi connectivity index (χ1n) is 5.41. The molecule has 0 aliphatic heterocycles. The minimum atomic E-state index is 0.0597.